The summed E-state index contributed by atoms with van der Waals surface area (Å²) in [4.78, 5) is 42.4. The molecule has 10 nitrogen and oxygen atoms in total. The van der Waals surface area contributed by atoms with Gasteiger partial charge in [0.1, 0.15) is 11.4 Å². The van der Waals surface area contributed by atoms with E-state index in [4.69, 9.17) is 23.7 Å². The van der Waals surface area contributed by atoms with Crippen LogP contribution < -0.4 is 9.47 Å². The third-order valence-corrected chi connectivity index (χ3v) is 12.3. The first-order valence-electron chi connectivity index (χ1n) is 21.9. The van der Waals surface area contributed by atoms with Gasteiger partial charge in [-0.15, -0.1) is 0 Å². The van der Waals surface area contributed by atoms with Crippen molar-refractivity contribution in [1.82, 2.24) is 4.90 Å². The van der Waals surface area contributed by atoms with E-state index in [0.717, 1.165) is 43.2 Å². The Kier molecular flexibility index (Phi) is 14.4. The van der Waals surface area contributed by atoms with Gasteiger partial charge in [0.15, 0.2) is 17.6 Å². The molecule has 1 N–H and O–H groups in total. The number of rotatable bonds is 20. The number of aliphatic hydroxyl groups is 1. The highest BCUT2D eigenvalue weighted by molar-refractivity contribution is 5.82. The Bertz CT molecular complexity index is 1800. The van der Waals surface area contributed by atoms with Crippen molar-refractivity contribution in [1.29, 1.82) is 0 Å². The van der Waals surface area contributed by atoms with E-state index in [1.54, 1.807) is 57.2 Å². The number of carbonyl (C=O) groups is 3. The predicted octanol–water partition coefficient (Wildman–Crippen LogP) is 10.1. The number of hydrogen-bond donors (Lipinski definition) is 1. The Morgan fingerprint density at radius 3 is 2.28 bits per heavy atom. The van der Waals surface area contributed by atoms with Crippen LogP contribution in [0.3, 0.4) is 0 Å². The maximum atomic E-state index is 14.2. The summed E-state index contributed by atoms with van der Waals surface area (Å²) < 4.78 is 29.9. The van der Waals surface area contributed by atoms with Crippen LogP contribution >= 0.6 is 0 Å². The highest BCUT2D eigenvalue weighted by Gasteiger charge is 2.72. The van der Waals surface area contributed by atoms with Gasteiger partial charge in [-0.1, -0.05) is 107 Å². The predicted molar refractivity (Wildman–Crippen MR) is 223 cm³/mol. The summed E-state index contributed by atoms with van der Waals surface area (Å²) in [5, 5.41) is 12.7. The summed E-state index contributed by atoms with van der Waals surface area (Å²) in [6, 6.07) is 12.3. The van der Waals surface area contributed by atoms with Gasteiger partial charge in [-0.2, -0.15) is 0 Å². The first kappa shape index (κ1) is 43.4. The van der Waals surface area contributed by atoms with Crippen molar-refractivity contribution in [2.24, 2.45) is 0 Å². The molecule has 6 rings (SSSR count). The Morgan fingerprint density at radius 1 is 0.914 bits per heavy atom. The summed E-state index contributed by atoms with van der Waals surface area (Å²) in [7, 11) is 2.02. The van der Waals surface area contributed by atoms with Gasteiger partial charge in [-0.05, 0) is 97.0 Å². The highest BCUT2D eigenvalue weighted by atomic mass is 16.7. The Balaban J connectivity index is 1.08. The monoisotopic (exact) mass is 799 g/mol. The van der Waals surface area contributed by atoms with Gasteiger partial charge in [-0.25, -0.2) is 9.59 Å². The molecule has 2 bridgehead atoms. The molecule has 2 aliphatic heterocycles. The van der Waals surface area contributed by atoms with Gasteiger partial charge >= 0.3 is 18.1 Å². The lowest BCUT2D eigenvalue weighted by Gasteiger charge is -2.61. The number of ether oxygens (including phenoxy) is 5. The molecule has 1 unspecified atom stereocenters. The zero-order chi connectivity index (χ0) is 41.3. The zero-order valence-corrected chi connectivity index (χ0v) is 35.4. The molecule has 5 atom stereocenters. The lowest BCUT2D eigenvalue weighted by molar-refractivity contribution is -0.176. The minimum atomic E-state index is -1.29. The third kappa shape index (κ3) is 9.65. The van der Waals surface area contributed by atoms with E-state index in [0.29, 0.717) is 37.1 Å². The molecule has 1 fully saturated rings. The average Bonchev–Trinajstić information content (AvgIpc) is 3.54. The second-order valence-electron chi connectivity index (χ2n) is 17.7. The van der Waals surface area contributed by atoms with Crippen LogP contribution in [0.15, 0.2) is 66.5 Å². The van der Waals surface area contributed by atoms with Gasteiger partial charge in [0, 0.05) is 30.0 Å². The number of unbranched alkanes of at least 4 members (excludes halogenated alkanes) is 11. The van der Waals surface area contributed by atoms with Crippen LogP contribution in [0.1, 0.15) is 153 Å². The van der Waals surface area contributed by atoms with E-state index in [2.05, 4.69) is 24.0 Å². The van der Waals surface area contributed by atoms with E-state index in [1.807, 2.05) is 19.2 Å². The summed E-state index contributed by atoms with van der Waals surface area (Å²) >= 11 is 0. The molecular weight excluding hydrogens is 735 g/mol. The van der Waals surface area contributed by atoms with Gasteiger partial charge in [0.2, 0.25) is 6.10 Å². The fourth-order valence-electron chi connectivity index (χ4n) is 9.45. The minimum absolute atomic E-state index is 0.175. The SMILES string of the molecule is CCCCCCCCC=CCCCCCCCC(=O)O[C@H](C(=O)OC1=CC[C@]2(O)C3Cc4ccc(OC(=O)OC(C)(C)C)c5c4[C@@]2(CCN3C)[C@H]1O5)c1ccccc1. The van der Waals surface area contributed by atoms with Crippen molar-refractivity contribution < 1.29 is 43.2 Å². The van der Waals surface area contributed by atoms with Crippen LogP contribution in [-0.4, -0.2) is 65.0 Å². The number of likely N-dealkylation sites (tertiary alicyclic amines) is 1. The fourth-order valence-corrected chi connectivity index (χ4v) is 9.45. The number of benzene rings is 2. The van der Waals surface area contributed by atoms with Crippen LogP contribution in [0.5, 0.6) is 11.5 Å². The van der Waals surface area contributed by atoms with Gasteiger partial charge in [-0.3, -0.25) is 4.79 Å². The first-order valence-corrected chi connectivity index (χ1v) is 21.9. The standard InChI is InChI=1S/C48H65NO9/c1-6-7-8-9-10-11-12-13-14-15-16-17-18-19-23-26-39(50)56-41(34-24-21-20-22-25-34)44(51)54-37-29-30-48(53)38-33-35-27-28-36(55-45(52)58-46(2,3)4)42-40(35)47(48,43(37)57-42)31-32-49(38)5/h13-14,20-22,24-25,27-29,38,41,43,53H,6-12,15-19,23,26,30-33H2,1-5H3/t38?,41-,43-,47-,48-/m0/s1. The molecule has 0 amide bonds. The number of allylic oxidation sites excluding steroid dienone is 2. The number of nitrogens with zero attached hydrogens (tertiary/aromatic N) is 1. The average molecular weight is 800 g/mol. The maximum absolute atomic E-state index is 14.2. The van der Waals surface area contributed by atoms with E-state index >= 15 is 0 Å². The number of carbonyl (C=O) groups excluding carboxylic acids is 3. The molecule has 2 aromatic rings. The smallest absolute Gasteiger partial charge is 0.477 e. The van der Waals surface area contributed by atoms with E-state index < -0.39 is 46.9 Å². The molecule has 0 aromatic heterocycles. The molecule has 2 aromatic carbocycles. The van der Waals surface area contributed by atoms with Crippen LogP contribution in [0.4, 0.5) is 4.79 Å². The van der Waals surface area contributed by atoms with Crippen LogP contribution in [0.2, 0.25) is 0 Å². The number of piperidine rings is 1. The largest absolute Gasteiger partial charge is 0.514 e. The van der Waals surface area contributed by atoms with Gasteiger partial charge in [0.25, 0.3) is 0 Å². The fraction of sp³-hybridized carbons (Fsp3) is 0.604. The number of esters is 2. The molecule has 58 heavy (non-hydrogen) atoms. The van der Waals surface area contributed by atoms with Crippen LogP contribution in [0.25, 0.3) is 0 Å². The normalized spacial score (nSPS) is 23.7. The lowest BCUT2D eigenvalue weighted by Crippen LogP contribution is -2.74. The summed E-state index contributed by atoms with van der Waals surface area (Å²) in [5.41, 5.74) is -0.744. The van der Waals surface area contributed by atoms with Crippen molar-refractivity contribution in [3.05, 3.63) is 83.1 Å². The molecule has 2 aliphatic carbocycles. The van der Waals surface area contributed by atoms with Crippen molar-refractivity contribution >= 4 is 18.1 Å². The Labute approximate surface area is 345 Å². The first-order chi connectivity index (χ1) is 27.9. The van der Waals surface area contributed by atoms with E-state index in [9.17, 15) is 19.5 Å². The van der Waals surface area contributed by atoms with Crippen LogP contribution in [0, 0.1) is 0 Å². The molecule has 0 radical (unpaired) electrons. The second kappa shape index (κ2) is 19.3. The van der Waals surface area contributed by atoms with Crippen molar-refractivity contribution in [3.8, 4) is 11.5 Å². The van der Waals surface area contributed by atoms with E-state index in [-0.39, 0.29) is 30.4 Å². The van der Waals surface area contributed by atoms with Crippen molar-refractivity contribution in [2.75, 3.05) is 13.6 Å². The van der Waals surface area contributed by atoms with Gasteiger partial charge < -0.3 is 33.7 Å². The Morgan fingerprint density at radius 2 is 1.59 bits per heavy atom. The quantitative estimate of drug-likeness (QED) is 0.0456. The van der Waals surface area contributed by atoms with Crippen molar-refractivity contribution in [2.45, 2.75) is 172 Å². The molecular formula is C48H65NO9. The molecule has 10 heteroatoms. The third-order valence-electron chi connectivity index (χ3n) is 12.3. The minimum Gasteiger partial charge on any atom is -0.477 e. The number of likely N-dealkylation sites (N-methyl/N-ethyl adjacent to an activating group) is 1. The highest BCUT2D eigenvalue weighted by Crippen LogP contribution is 2.65. The molecule has 0 saturated carbocycles. The molecule has 2 heterocycles. The van der Waals surface area contributed by atoms with E-state index in [1.165, 1.54) is 44.9 Å². The summed E-state index contributed by atoms with van der Waals surface area (Å²) in [5.74, 6) is -0.460. The summed E-state index contributed by atoms with van der Waals surface area (Å²) in [6.45, 7) is 8.19. The topological polar surface area (TPSA) is 121 Å². The summed E-state index contributed by atoms with van der Waals surface area (Å²) in [6.07, 6.45) is 19.9. The number of hydrogen-bond acceptors (Lipinski definition) is 10. The molecule has 1 spiro atoms. The zero-order valence-electron chi connectivity index (χ0n) is 35.4. The molecule has 1 saturated heterocycles. The van der Waals surface area contributed by atoms with Crippen LogP contribution in [-0.2, 0) is 35.6 Å². The Hall–Kier alpha value is -4.15. The maximum Gasteiger partial charge on any atom is 0.514 e. The lowest BCUT2D eigenvalue weighted by atomic mass is 9.50. The molecule has 4 aliphatic rings. The molecule has 316 valence electrons. The van der Waals surface area contributed by atoms with Gasteiger partial charge in [0.05, 0.1) is 11.0 Å². The van der Waals surface area contributed by atoms with Crippen molar-refractivity contribution in [3.63, 3.8) is 0 Å². The second-order valence-corrected chi connectivity index (χ2v) is 17.7.